The number of amides is 1. The van der Waals surface area contributed by atoms with Gasteiger partial charge in [0.05, 0.1) is 16.3 Å². The lowest BCUT2D eigenvalue weighted by atomic mass is 10.1. The van der Waals surface area contributed by atoms with Crippen LogP contribution in [0.3, 0.4) is 0 Å². The summed E-state index contributed by atoms with van der Waals surface area (Å²) in [5.74, 6) is 0.329. The van der Waals surface area contributed by atoms with Gasteiger partial charge in [0.25, 0.3) is 5.91 Å². The van der Waals surface area contributed by atoms with Crippen LogP contribution in [0.4, 0.5) is 0 Å². The summed E-state index contributed by atoms with van der Waals surface area (Å²) >= 11 is 13.5. The van der Waals surface area contributed by atoms with E-state index in [1.807, 2.05) is 37.4 Å². The molecule has 0 spiro atoms. The van der Waals surface area contributed by atoms with E-state index in [9.17, 15) is 4.79 Å². The van der Waals surface area contributed by atoms with Gasteiger partial charge in [-0.05, 0) is 36.9 Å². The Bertz CT molecular complexity index is 730. The zero-order valence-electron chi connectivity index (χ0n) is 12.8. The molecule has 0 aliphatic carbocycles. The third-order valence-electron chi connectivity index (χ3n) is 3.13. The summed E-state index contributed by atoms with van der Waals surface area (Å²) < 4.78 is 0. The zero-order chi connectivity index (χ0) is 16.8. The van der Waals surface area contributed by atoms with Gasteiger partial charge in [-0.25, -0.2) is 5.43 Å². The van der Waals surface area contributed by atoms with Crippen molar-refractivity contribution in [3.05, 3.63) is 69.2 Å². The summed E-state index contributed by atoms with van der Waals surface area (Å²) in [6.45, 7) is 2.03. The van der Waals surface area contributed by atoms with Crippen LogP contribution in [-0.4, -0.2) is 23.6 Å². The molecule has 0 aromatic heterocycles. The number of thioether (sulfide) groups is 1. The number of hydrogen-bond donors (Lipinski definition) is 1. The Labute approximate surface area is 150 Å². The van der Waals surface area contributed by atoms with E-state index in [0.717, 1.165) is 11.3 Å². The Kier molecular flexibility index (Phi) is 6.51. The van der Waals surface area contributed by atoms with Gasteiger partial charge in [-0.2, -0.15) is 16.9 Å². The summed E-state index contributed by atoms with van der Waals surface area (Å²) in [6.07, 6.45) is 1.99. The second kappa shape index (κ2) is 8.39. The van der Waals surface area contributed by atoms with Crippen molar-refractivity contribution in [3.8, 4) is 0 Å². The van der Waals surface area contributed by atoms with E-state index >= 15 is 0 Å². The molecule has 23 heavy (non-hydrogen) atoms. The van der Waals surface area contributed by atoms with E-state index in [4.69, 9.17) is 23.2 Å². The van der Waals surface area contributed by atoms with E-state index in [2.05, 4.69) is 10.5 Å². The van der Waals surface area contributed by atoms with Crippen LogP contribution in [0.5, 0.6) is 0 Å². The summed E-state index contributed by atoms with van der Waals surface area (Å²) in [5, 5.41) is 5.04. The topological polar surface area (TPSA) is 41.5 Å². The first-order chi connectivity index (χ1) is 11.0. The predicted octanol–water partition coefficient (Wildman–Crippen LogP) is 4.80. The molecule has 1 amide bonds. The van der Waals surface area contributed by atoms with Gasteiger partial charge < -0.3 is 0 Å². The smallest absolute Gasteiger partial charge is 0.267 e. The Hall–Kier alpha value is -1.49. The second-order valence-corrected chi connectivity index (χ2v) is 6.63. The van der Waals surface area contributed by atoms with Crippen molar-refractivity contribution < 1.29 is 4.79 Å². The number of hydrazone groups is 1. The standard InChI is InChI=1S/C17H16Cl2N2OS/c1-11-3-5-12(6-4-11)16(10-23-2)20-21-17(22)14-8-7-13(18)9-15(14)19/h3-9H,10H2,1-2H3,(H,21,22). The molecule has 0 heterocycles. The lowest BCUT2D eigenvalue weighted by Crippen LogP contribution is -2.21. The molecule has 0 unspecified atom stereocenters. The average molecular weight is 367 g/mol. The van der Waals surface area contributed by atoms with Crippen molar-refractivity contribution in [3.63, 3.8) is 0 Å². The van der Waals surface area contributed by atoms with E-state index in [0.29, 0.717) is 21.4 Å². The van der Waals surface area contributed by atoms with Crippen LogP contribution in [0.1, 0.15) is 21.5 Å². The first-order valence-electron chi connectivity index (χ1n) is 6.89. The molecule has 120 valence electrons. The van der Waals surface area contributed by atoms with Crippen LogP contribution in [0.15, 0.2) is 47.6 Å². The minimum Gasteiger partial charge on any atom is -0.267 e. The predicted molar refractivity (Wildman–Crippen MR) is 100 cm³/mol. The number of benzene rings is 2. The van der Waals surface area contributed by atoms with Gasteiger partial charge in [-0.3, -0.25) is 4.79 Å². The molecule has 0 aliphatic rings. The maximum atomic E-state index is 12.2. The van der Waals surface area contributed by atoms with Crippen molar-refractivity contribution in [2.75, 3.05) is 12.0 Å². The lowest BCUT2D eigenvalue weighted by molar-refractivity contribution is 0.0955. The monoisotopic (exact) mass is 366 g/mol. The highest BCUT2D eigenvalue weighted by Crippen LogP contribution is 2.20. The van der Waals surface area contributed by atoms with Gasteiger partial charge in [0.2, 0.25) is 0 Å². The molecule has 0 atom stereocenters. The van der Waals surface area contributed by atoms with Gasteiger partial charge in [0.1, 0.15) is 0 Å². The number of carbonyl (C=O) groups excluding carboxylic acids is 1. The molecule has 0 saturated heterocycles. The molecule has 6 heteroatoms. The minimum absolute atomic E-state index is 0.298. The quantitative estimate of drug-likeness (QED) is 0.609. The number of nitrogens with zero attached hydrogens (tertiary/aromatic N) is 1. The van der Waals surface area contributed by atoms with Crippen molar-refractivity contribution in [2.45, 2.75) is 6.92 Å². The number of hydrogen-bond acceptors (Lipinski definition) is 3. The maximum absolute atomic E-state index is 12.2. The molecule has 0 saturated carbocycles. The van der Waals surface area contributed by atoms with Crippen LogP contribution in [0.2, 0.25) is 10.0 Å². The molecule has 2 aromatic carbocycles. The van der Waals surface area contributed by atoms with Gasteiger partial charge >= 0.3 is 0 Å². The first-order valence-corrected chi connectivity index (χ1v) is 9.04. The average Bonchev–Trinajstić information content (AvgIpc) is 2.52. The fraction of sp³-hybridized carbons (Fsp3) is 0.176. The van der Waals surface area contributed by atoms with Crippen molar-refractivity contribution in [1.82, 2.24) is 5.43 Å². The van der Waals surface area contributed by atoms with Crippen molar-refractivity contribution in [1.29, 1.82) is 0 Å². The lowest BCUT2D eigenvalue weighted by Gasteiger charge is -2.08. The van der Waals surface area contributed by atoms with Crippen LogP contribution < -0.4 is 5.43 Å². The molecule has 0 aliphatic heterocycles. The van der Waals surface area contributed by atoms with E-state index in [-0.39, 0.29) is 5.91 Å². The highest BCUT2D eigenvalue weighted by Gasteiger charge is 2.11. The Balaban J connectivity index is 2.20. The molecule has 2 aromatic rings. The Morgan fingerprint density at radius 3 is 2.48 bits per heavy atom. The third-order valence-corrected chi connectivity index (χ3v) is 4.24. The van der Waals surface area contributed by atoms with Gasteiger partial charge in [0.15, 0.2) is 0 Å². The molecule has 0 fully saturated rings. The normalized spacial score (nSPS) is 11.4. The minimum atomic E-state index is -0.364. The molecule has 0 bridgehead atoms. The van der Waals surface area contributed by atoms with Crippen LogP contribution in [-0.2, 0) is 0 Å². The molecule has 3 nitrogen and oxygen atoms in total. The molecule has 2 rings (SSSR count). The number of aryl methyl sites for hydroxylation is 1. The largest absolute Gasteiger partial charge is 0.272 e. The highest BCUT2D eigenvalue weighted by molar-refractivity contribution is 7.99. The third kappa shape index (κ3) is 4.99. The molecular formula is C17H16Cl2N2OS. The number of halogens is 2. The van der Waals surface area contributed by atoms with E-state index < -0.39 is 0 Å². The molecule has 0 radical (unpaired) electrons. The van der Waals surface area contributed by atoms with E-state index in [1.165, 1.54) is 11.6 Å². The Morgan fingerprint density at radius 1 is 1.17 bits per heavy atom. The van der Waals surface area contributed by atoms with E-state index in [1.54, 1.807) is 23.9 Å². The SMILES string of the molecule is CSCC(=NNC(=O)c1ccc(Cl)cc1Cl)c1ccc(C)cc1. The van der Waals surface area contributed by atoms with Crippen LogP contribution >= 0.6 is 35.0 Å². The maximum Gasteiger partial charge on any atom is 0.272 e. The van der Waals surface area contributed by atoms with Gasteiger partial charge in [-0.1, -0.05) is 53.0 Å². The number of nitrogens with one attached hydrogen (secondary N) is 1. The van der Waals surface area contributed by atoms with Crippen molar-refractivity contribution in [2.24, 2.45) is 5.10 Å². The fourth-order valence-electron chi connectivity index (χ4n) is 1.91. The number of carbonyl (C=O) groups is 1. The second-order valence-electron chi connectivity index (χ2n) is 4.92. The first kappa shape index (κ1) is 17.9. The summed E-state index contributed by atoms with van der Waals surface area (Å²) in [6, 6.07) is 12.7. The summed E-state index contributed by atoms with van der Waals surface area (Å²) in [7, 11) is 0. The van der Waals surface area contributed by atoms with Gasteiger partial charge in [0, 0.05) is 10.8 Å². The number of rotatable bonds is 5. The molecule has 1 N–H and O–H groups in total. The molecular weight excluding hydrogens is 351 g/mol. The summed E-state index contributed by atoms with van der Waals surface area (Å²) in [5.41, 5.74) is 5.86. The fourth-order valence-corrected chi connectivity index (χ4v) is 2.91. The highest BCUT2D eigenvalue weighted by atomic mass is 35.5. The van der Waals surface area contributed by atoms with Gasteiger partial charge in [-0.15, -0.1) is 0 Å². The van der Waals surface area contributed by atoms with Crippen LogP contribution in [0, 0.1) is 6.92 Å². The summed E-state index contributed by atoms with van der Waals surface area (Å²) in [4.78, 5) is 12.2. The zero-order valence-corrected chi connectivity index (χ0v) is 15.1. The Morgan fingerprint density at radius 2 is 1.87 bits per heavy atom. The van der Waals surface area contributed by atoms with Crippen molar-refractivity contribution >= 4 is 46.6 Å². The van der Waals surface area contributed by atoms with Crippen LogP contribution in [0.25, 0.3) is 0 Å².